The minimum Gasteiger partial charge on any atom is -0.462 e. The minimum absolute atomic E-state index is 0.339. The Bertz CT molecular complexity index is 993. The van der Waals surface area contributed by atoms with Crippen LogP contribution in [-0.2, 0) is 11.3 Å². The first-order valence-corrected chi connectivity index (χ1v) is 9.09. The normalized spacial score (nSPS) is 11.4. The van der Waals surface area contributed by atoms with Crippen LogP contribution in [0.1, 0.15) is 35.6 Å². The summed E-state index contributed by atoms with van der Waals surface area (Å²) in [5.74, 6) is 0.461. The van der Waals surface area contributed by atoms with Crippen LogP contribution in [0.25, 0.3) is 23.2 Å². The Morgan fingerprint density at radius 1 is 1.12 bits per heavy atom. The molecule has 0 spiro atoms. The van der Waals surface area contributed by atoms with Crippen molar-refractivity contribution in [3.05, 3.63) is 63.4 Å². The molecule has 3 rings (SSSR count). The molecule has 0 atom stereocenters. The van der Waals surface area contributed by atoms with Crippen LogP contribution >= 0.6 is 23.2 Å². The number of esters is 1. The number of rotatable bonds is 5. The molecule has 0 radical (unpaired) electrons. The van der Waals surface area contributed by atoms with Gasteiger partial charge in [-0.05, 0) is 55.8 Å². The van der Waals surface area contributed by atoms with Gasteiger partial charge in [0.25, 0.3) is 0 Å². The maximum absolute atomic E-state index is 11.9. The van der Waals surface area contributed by atoms with Gasteiger partial charge in [0.05, 0.1) is 33.2 Å². The summed E-state index contributed by atoms with van der Waals surface area (Å²) in [6.07, 6.45) is 3.86. The molecule has 0 aliphatic heterocycles. The quantitative estimate of drug-likeness (QED) is 0.525. The molecular weight excluding hydrogens is 371 g/mol. The lowest BCUT2D eigenvalue weighted by atomic mass is 10.2. The molecular formula is C20H18Cl2N2O2. The third-order valence-electron chi connectivity index (χ3n) is 3.97. The Morgan fingerprint density at radius 3 is 2.62 bits per heavy atom. The summed E-state index contributed by atoms with van der Waals surface area (Å²) < 4.78 is 7.14. The fourth-order valence-electron chi connectivity index (χ4n) is 2.74. The lowest BCUT2D eigenvalue weighted by Gasteiger charge is -2.04. The number of hydrogen-bond acceptors (Lipinski definition) is 3. The summed E-state index contributed by atoms with van der Waals surface area (Å²) in [6.45, 7) is 4.94. The van der Waals surface area contributed by atoms with Gasteiger partial charge in [-0.15, -0.1) is 0 Å². The van der Waals surface area contributed by atoms with Gasteiger partial charge >= 0.3 is 5.97 Å². The Kier molecular flexibility index (Phi) is 5.64. The number of ether oxygens (including phenoxy) is 1. The third kappa shape index (κ3) is 3.76. The molecule has 0 bridgehead atoms. The van der Waals surface area contributed by atoms with Gasteiger partial charge in [-0.1, -0.05) is 35.3 Å². The Balaban J connectivity index is 1.98. The average molecular weight is 389 g/mol. The van der Waals surface area contributed by atoms with Crippen LogP contribution in [0.15, 0.2) is 36.4 Å². The highest BCUT2D eigenvalue weighted by molar-refractivity contribution is 6.42. The lowest BCUT2D eigenvalue weighted by Crippen LogP contribution is -2.04. The predicted octanol–water partition coefficient (Wildman–Crippen LogP) is 5.71. The molecule has 0 N–H and O–H groups in total. The second-order valence-corrected chi connectivity index (χ2v) is 6.46. The van der Waals surface area contributed by atoms with Crippen molar-refractivity contribution in [3.63, 3.8) is 0 Å². The van der Waals surface area contributed by atoms with E-state index in [2.05, 4.69) is 16.5 Å². The molecule has 0 aliphatic carbocycles. The number of carbonyl (C=O) groups excluding carboxylic acids is 1. The first-order chi connectivity index (χ1) is 12.5. The maximum Gasteiger partial charge on any atom is 0.338 e. The number of halogens is 2. The van der Waals surface area contributed by atoms with Crippen LogP contribution in [-0.4, -0.2) is 22.1 Å². The number of aryl methyl sites for hydroxylation is 1. The highest BCUT2D eigenvalue weighted by atomic mass is 35.5. The molecule has 0 amide bonds. The van der Waals surface area contributed by atoms with Crippen molar-refractivity contribution in [2.45, 2.75) is 20.4 Å². The SMILES string of the molecule is CCOC(=O)c1ccc2c(c1)nc(/C=C/c1ccc(Cl)c(Cl)c1)n2CC. The molecule has 134 valence electrons. The van der Waals surface area contributed by atoms with Gasteiger partial charge in [0.2, 0.25) is 0 Å². The average Bonchev–Trinajstić information content (AvgIpc) is 2.99. The summed E-state index contributed by atoms with van der Waals surface area (Å²) in [5, 5.41) is 1.04. The molecule has 0 unspecified atom stereocenters. The molecule has 0 fully saturated rings. The maximum atomic E-state index is 11.9. The number of carbonyl (C=O) groups is 1. The van der Waals surface area contributed by atoms with Crippen molar-refractivity contribution < 1.29 is 9.53 Å². The number of nitrogens with zero attached hydrogens (tertiary/aromatic N) is 2. The van der Waals surface area contributed by atoms with E-state index in [1.165, 1.54) is 0 Å². The van der Waals surface area contributed by atoms with Gasteiger partial charge in [-0.2, -0.15) is 0 Å². The fraction of sp³-hybridized carbons (Fsp3) is 0.200. The van der Waals surface area contributed by atoms with E-state index >= 15 is 0 Å². The van der Waals surface area contributed by atoms with Gasteiger partial charge < -0.3 is 9.30 Å². The molecule has 3 aromatic rings. The van der Waals surface area contributed by atoms with Crippen molar-refractivity contribution in [2.75, 3.05) is 6.61 Å². The topological polar surface area (TPSA) is 44.1 Å². The molecule has 26 heavy (non-hydrogen) atoms. The summed E-state index contributed by atoms with van der Waals surface area (Å²) >= 11 is 12.0. The number of hydrogen-bond donors (Lipinski definition) is 0. The smallest absolute Gasteiger partial charge is 0.338 e. The molecule has 0 saturated carbocycles. The molecule has 6 heteroatoms. The number of fused-ring (bicyclic) bond motifs is 1. The van der Waals surface area contributed by atoms with E-state index in [1.807, 2.05) is 24.3 Å². The lowest BCUT2D eigenvalue weighted by molar-refractivity contribution is 0.0526. The molecule has 0 saturated heterocycles. The van der Waals surface area contributed by atoms with Crippen molar-refractivity contribution in [1.82, 2.24) is 9.55 Å². The van der Waals surface area contributed by atoms with E-state index in [0.717, 1.165) is 29.0 Å². The zero-order valence-corrected chi connectivity index (χ0v) is 16.0. The van der Waals surface area contributed by atoms with E-state index in [1.54, 1.807) is 31.2 Å². The fourth-order valence-corrected chi connectivity index (χ4v) is 3.04. The monoisotopic (exact) mass is 388 g/mol. The highest BCUT2D eigenvalue weighted by Gasteiger charge is 2.12. The van der Waals surface area contributed by atoms with Gasteiger partial charge in [0.15, 0.2) is 0 Å². The van der Waals surface area contributed by atoms with E-state index in [-0.39, 0.29) is 5.97 Å². The number of benzene rings is 2. The van der Waals surface area contributed by atoms with Crippen molar-refractivity contribution in [2.24, 2.45) is 0 Å². The number of imidazole rings is 1. The molecule has 2 aromatic carbocycles. The van der Waals surface area contributed by atoms with Gasteiger partial charge in [-0.3, -0.25) is 0 Å². The molecule has 1 heterocycles. The second-order valence-electron chi connectivity index (χ2n) is 5.65. The zero-order valence-electron chi connectivity index (χ0n) is 14.5. The van der Waals surface area contributed by atoms with Crippen LogP contribution in [0.3, 0.4) is 0 Å². The standard InChI is InChI=1S/C20H18Cl2N2O2/c1-3-24-18-9-7-14(20(25)26-4-2)12-17(18)23-19(24)10-6-13-5-8-15(21)16(22)11-13/h5-12H,3-4H2,1-2H3/b10-6+. The largest absolute Gasteiger partial charge is 0.462 e. The van der Waals surface area contributed by atoms with E-state index in [9.17, 15) is 4.79 Å². The molecule has 0 aliphatic rings. The van der Waals surface area contributed by atoms with Crippen molar-refractivity contribution in [3.8, 4) is 0 Å². The molecule has 1 aromatic heterocycles. The highest BCUT2D eigenvalue weighted by Crippen LogP contribution is 2.24. The van der Waals surface area contributed by atoms with Crippen LogP contribution in [0, 0.1) is 0 Å². The predicted molar refractivity (Wildman–Crippen MR) is 107 cm³/mol. The van der Waals surface area contributed by atoms with Crippen LogP contribution < -0.4 is 0 Å². The Labute approximate surface area is 162 Å². The van der Waals surface area contributed by atoms with Crippen LogP contribution in [0.2, 0.25) is 10.0 Å². The third-order valence-corrected chi connectivity index (χ3v) is 4.71. The van der Waals surface area contributed by atoms with E-state index < -0.39 is 0 Å². The summed E-state index contributed by atoms with van der Waals surface area (Å²) in [4.78, 5) is 16.6. The first kappa shape index (κ1) is 18.5. The van der Waals surface area contributed by atoms with Gasteiger partial charge in [-0.25, -0.2) is 9.78 Å². The molecule has 4 nitrogen and oxygen atoms in total. The van der Waals surface area contributed by atoms with Gasteiger partial charge in [0.1, 0.15) is 5.82 Å². The zero-order chi connectivity index (χ0) is 18.7. The summed E-state index contributed by atoms with van der Waals surface area (Å²) in [5.41, 5.74) is 3.15. The second kappa shape index (κ2) is 7.94. The first-order valence-electron chi connectivity index (χ1n) is 8.34. The van der Waals surface area contributed by atoms with Crippen molar-refractivity contribution in [1.29, 1.82) is 0 Å². The Hall–Kier alpha value is -2.30. The van der Waals surface area contributed by atoms with Gasteiger partial charge in [0, 0.05) is 6.54 Å². The van der Waals surface area contributed by atoms with Crippen molar-refractivity contribution >= 4 is 52.4 Å². The van der Waals surface area contributed by atoms with E-state index in [4.69, 9.17) is 27.9 Å². The Morgan fingerprint density at radius 2 is 1.92 bits per heavy atom. The number of aromatic nitrogens is 2. The summed E-state index contributed by atoms with van der Waals surface area (Å²) in [7, 11) is 0. The minimum atomic E-state index is -0.339. The van der Waals surface area contributed by atoms with Crippen LogP contribution in [0.5, 0.6) is 0 Å². The van der Waals surface area contributed by atoms with Crippen LogP contribution in [0.4, 0.5) is 0 Å². The summed E-state index contributed by atoms with van der Waals surface area (Å²) in [6, 6.07) is 10.9. The van der Waals surface area contributed by atoms with E-state index in [0.29, 0.717) is 22.2 Å².